The van der Waals surface area contributed by atoms with E-state index in [9.17, 15) is 0 Å². The third kappa shape index (κ3) is 6.22. The predicted molar refractivity (Wildman–Crippen MR) is 57.6 cm³/mol. The van der Waals surface area contributed by atoms with Crippen molar-refractivity contribution >= 4 is 8.32 Å². The first kappa shape index (κ1) is 11.5. The summed E-state index contributed by atoms with van der Waals surface area (Å²) in [5.41, 5.74) is 0. The number of hydrogen-bond acceptors (Lipinski definition) is 1. The first-order valence-corrected chi connectivity index (χ1v) is 7.69. The van der Waals surface area contributed by atoms with Crippen LogP contribution in [0.2, 0.25) is 19.1 Å². The van der Waals surface area contributed by atoms with Gasteiger partial charge in [-0.25, -0.2) is 0 Å². The molecule has 0 atom stereocenters. The van der Waals surface area contributed by atoms with Crippen molar-refractivity contribution in [1.29, 1.82) is 0 Å². The van der Waals surface area contributed by atoms with Crippen molar-refractivity contribution in [1.82, 2.24) is 0 Å². The Bertz CT molecular complexity index is 150. The minimum Gasteiger partial charge on any atom is -0.549 e. The molecule has 0 aromatic rings. The molecular weight excluding hydrogens is 164 g/mol. The van der Waals surface area contributed by atoms with Gasteiger partial charge in [-0.1, -0.05) is 32.4 Å². The minimum atomic E-state index is -1.40. The lowest BCUT2D eigenvalue weighted by Crippen LogP contribution is -2.27. The molecule has 0 saturated heterocycles. The van der Waals surface area contributed by atoms with Crippen LogP contribution in [-0.2, 0) is 4.43 Å². The van der Waals surface area contributed by atoms with E-state index >= 15 is 0 Å². The van der Waals surface area contributed by atoms with E-state index in [1.165, 1.54) is 18.9 Å². The van der Waals surface area contributed by atoms with Gasteiger partial charge < -0.3 is 4.43 Å². The van der Waals surface area contributed by atoms with Crippen molar-refractivity contribution in [3.63, 3.8) is 0 Å². The molecule has 0 fully saturated rings. The molecule has 0 radical (unpaired) electrons. The number of allylic oxidation sites excluding steroid dienone is 2. The van der Waals surface area contributed by atoms with Gasteiger partial charge in [-0.2, -0.15) is 0 Å². The fourth-order valence-electron chi connectivity index (χ4n) is 0.940. The van der Waals surface area contributed by atoms with E-state index in [4.69, 9.17) is 4.43 Å². The molecule has 0 aliphatic heterocycles. The molecule has 0 aliphatic carbocycles. The van der Waals surface area contributed by atoms with Gasteiger partial charge in [0.2, 0.25) is 8.32 Å². The molecule has 70 valence electrons. The standard InChI is InChI=1S/C10H20OSi/c1-5-7-9-11-12(3,4)10-8-6-2/h5,7,9H,1,6,8,10H2,2-4H3/b9-7+. The van der Waals surface area contributed by atoms with Crippen LogP contribution in [0.25, 0.3) is 0 Å². The molecular formula is C10H20OSi. The highest BCUT2D eigenvalue weighted by atomic mass is 28.4. The maximum absolute atomic E-state index is 5.66. The molecule has 0 spiro atoms. The predicted octanol–water partition coefficient (Wildman–Crippen LogP) is 3.71. The second-order valence-electron chi connectivity index (χ2n) is 3.55. The van der Waals surface area contributed by atoms with Crippen molar-refractivity contribution in [2.75, 3.05) is 0 Å². The zero-order valence-corrected chi connectivity index (χ0v) is 9.47. The lowest BCUT2D eigenvalue weighted by molar-refractivity contribution is 0.468. The first-order valence-electron chi connectivity index (χ1n) is 4.58. The van der Waals surface area contributed by atoms with Crippen molar-refractivity contribution in [2.24, 2.45) is 0 Å². The summed E-state index contributed by atoms with van der Waals surface area (Å²) in [6, 6.07) is 1.24. The molecule has 0 aliphatic rings. The summed E-state index contributed by atoms with van der Waals surface area (Å²) in [6.45, 7) is 10.3. The van der Waals surface area contributed by atoms with E-state index in [1.807, 2.05) is 6.08 Å². The Morgan fingerprint density at radius 3 is 2.58 bits per heavy atom. The van der Waals surface area contributed by atoms with E-state index in [0.717, 1.165) is 0 Å². The zero-order valence-electron chi connectivity index (χ0n) is 8.47. The van der Waals surface area contributed by atoms with Crippen LogP contribution in [0.1, 0.15) is 19.8 Å². The first-order chi connectivity index (χ1) is 5.62. The van der Waals surface area contributed by atoms with Crippen molar-refractivity contribution in [3.8, 4) is 0 Å². The lowest BCUT2D eigenvalue weighted by Gasteiger charge is -2.20. The van der Waals surface area contributed by atoms with Crippen LogP contribution < -0.4 is 0 Å². The summed E-state index contributed by atoms with van der Waals surface area (Å²) in [6.07, 6.45) is 7.89. The summed E-state index contributed by atoms with van der Waals surface area (Å²) in [5.74, 6) is 0. The second kappa shape index (κ2) is 6.06. The average Bonchev–Trinajstić information content (AvgIpc) is 2.01. The Labute approximate surface area is 77.3 Å². The van der Waals surface area contributed by atoms with Crippen LogP contribution in [0.5, 0.6) is 0 Å². The maximum Gasteiger partial charge on any atom is 0.244 e. The molecule has 0 bridgehead atoms. The van der Waals surface area contributed by atoms with Crippen LogP contribution in [0.4, 0.5) is 0 Å². The molecule has 0 aromatic heterocycles. The highest BCUT2D eigenvalue weighted by Gasteiger charge is 2.21. The van der Waals surface area contributed by atoms with Crippen LogP contribution >= 0.6 is 0 Å². The summed E-state index contributed by atoms with van der Waals surface area (Å²) >= 11 is 0. The van der Waals surface area contributed by atoms with Gasteiger partial charge in [-0.15, -0.1) is 0 Å². The number of rotatable bonds is 6. The molecule has 0 aromatic carbocycles. The Kier molecular flexibility index (Phi) is 5.81. The molecule has 1 nitrogen and oxygen atoms in total. The highest BCUT2D eigenvalue weighted by Crippen LogP contribution is 2.15. The third-order valence-electron chi connectivity index (χ3n) is 1.73. The minimum absolute atomic E-state index is 1.24. The third-order valence-corrected chi connectivity index (χ3v) is 4.07. The van der Waals surface area contributed by atoms with E-state index < -0.39 is 8.32 Å². The van der Waals surface area contributed by atoms with Gasteiger partial charge in [0.05, 0.1) is 6.26 Å². The molecule has 0 rings (SSSR count). The number of hydrogen-bond donors (Lipinski definition) is 0. The van der Waals surface area contributed by atoms with Gasteiger partial charge in [0.15, 0.2) is 0 Å². The normalized spacial score (nSPS) is 11.9. The van der Waals surface area contributed by atoms with Crippen LogP contribution in [0, 0.1) is 0 Å². The van der Waals surface area contributed by atoms with Crippen molar-refractivity contribution in [3.05, 3.63) is 25.0 Å². The van der Waals surface area contributed by atoms with Gasteiger partial charge in [0.1, 0.15) is 0 Å². The smallest absolute Gasteiger partial charge is 0.244 e. The topological polar surface area (TPSA) is 9.23 Å². The van der Waals surface area contributed by atoms with Crippen LogP contribution in [0.3, 0.4) is 0 Å². The van der Waals surface area contributed by atoms with Crippen LogP contribution in [0.15, 0.2) is 25.0 Å². The SMILES string of the molecule is C=C/C=C/O[Si](C)(C)CCCC. The quantitative estimate of drug-likeness (QED) is 0.347. The molecule has 12 heavy (non-hydrogen) atoms. The van der Waals surface area contributed by atoms with Crippen molar-refractivity contribution in [2.45, 2.75) is 38.9 Å². The van der Waals surface area contributed by atoms with E-state index in [2.05, 4.69) is 26.6 Å². The van der Waals surface area contributed by atoms with Gasteiger partial charge >= 0.3 is 0 Å². The number of unbranched alkanes of at least 4 members (excludes halogenated alkanes) is 1. The fraction of sp³-hybridized carbons (Fsp3) is 0.600. The monoisotopic (exact) mass is 184 g/mol. The highest BCUT2D eigenvalue weighted by molar-refractivity contribution is 6.71. The van der Waals surface area contributed by atoms with Crippen molar-refractivity contribution < 1.29 is 4.43 Å². The summed E-state index contributed by atoms with van der Waals surface area (Å²) in [4.78, 5) is 0. The average molecular weight is 184 g/mol. The summed E-state index contributed by atoms with van der Waals surface area (Å²) < 4.78 is 5.66. The zero-order chi connectivity index (χ0) is 9.45. The lowest BCUT2D eigenvalue weighted by atomic mass is 10.4. The van der Waals surface area contributed by atoms with Gasteiger partial charge in [0.25, 0.3) is 0 Å². The van der Waals surface area contributed by atoms with Gasteiger partial charge in [-0.3, -0.25) is 0 Å². The molecule has 0 heterocycles. The molecule has 0 unspecified atom stereocenters. The van der Waals surface area contributed by atoms with Gasteiger partial charge in [0, 0.05) is 0 Å². The van der Waals surface area contributed by atoms with Crippen LogP contribution in [-0.4, -0.2) is 8.32 Å². The molecule has 2 heteroatoms. The summed E-state index contributed by atoms with van der Waals surface area (Å²) in [5, 5.41) is 0. The Morgan fingerprint density at radius 1 is 1.42 bits per heavy atom. The molecule has 0 amide bonds. The molecule has 0 N–H and O–H groups in total. The molecule has 0 saturated carbocycles. The van der Waals surface area contributed by atoms with E-state index in [-0.39, 0.29) is 0 Å². The summed E-state index contributed by atoms with van der Waals surface area (Å²) in [7, 11) is -1.40. The van der Waals surface area contributed by atoms with E-state index in [0.29, 0.717) is 0 Å². The fourth-order valence-corrected chi connectivity index (χ4v) is 2.71. The largest absolute Gasteiger partial charge is 0.549 e. The maximum atomic E-state index is 5.66. The van der Waals surface area contributed by atoms with E-state index in [1.54, 1.807) is 12.3 Å². The Morgan fingerprint density at radius 2 is 2.08 bits per heavy atom. The van der Waals surface area contributed by atoms with Gasteiger partial charge in [-0.05, 0) is 25.2 Å². The Hall–Kier alpha value is -0.503. The Balaban J connectivity index is 3.69. The second-order valence-corrected chi connectivity index (χ2v) is 7.80.